The van der Waals surface area contributed by atoms with Crippen LogP contribution in [-0.2, 0) is 6.42 Å². The van der Waals surface area contributed by atoms with Crippen molar-refractivity contribution in [2.24, 2.45) is 5.92 Å². The standard InChI is InChI=1S/C23H25FN4/c1-13(2)28-14(3)26-22-20(24)10-16(11-21(22)28)19-12-25-23-18(19)8-7-17(27-23)9-15-5-4-6-15/h7-8,10-13,15H,4-6,9H2,1-3H3,(H,25,27). The highest BCUT2D eigenvalue weighted by atomic mass is 19.1. The zero-order valence-corrected chi connectivity index (χ0v) is 16.6. The van der Waals surface area contributed by atoms with E-state index in [0.717, 1.165) is 51.5 Å². The average Bonchev–Trinajstić information content (AvgIpc) is 3.18. The Hall–Kier alpha value is -2.69. The third-order valence-corrected chi connectivity index (χ3v) is 6.07. The predicted molar refractivity (Wildman–Crippen MR) is 111 cm³/mol. The van der Waals surface area contributed by atoms with Gasteiger partial charge >= 0.3 is 0 Å². The van der Waals surface area contributed by atoms with Crippen LogP contribution in [0.25, 0.3) is 33.2 Å². The van der Waals surface area contributed by atoms with Crippen LogP contribution < -0.4 is 0 Å². The number of fused-ring (bicyclic) bond motifs is 2. The minimum absolute atomic E-state index is 0.221. The number of aryl methyl sites for hydroxylation is 1. The molecule has 0 amide bonds. The Kier molecular flexibility index (Phi) is 4.00. The molecule has 3 heterocycles. The summed E-state index contributed by atoms with van der Waals surface area (Å²) in [6, 6.07) is 8.09. The molecular weight excluding hydrogens is 351 g/mol. The summed E-state index contributed by atoms with van der Waals surface area (Å²) in [6.07, 6.45) is 6.97. The molecule has 0 radical (unpaired) electrons. The Labute approximate surface area is 163 Å². The molecule has 3 aromatic heterocycles. The van der Waals surface area contributed by atoms with E-state index in [1.807, 2.05) is 19.2 Å². The summed E-state index contributed by atoms with van der Waals surface area (Å²) in [6.45, 7) is 6.12. The van der Waals surface area contributed by atoms with Crippen molar-refractivity contribution in [2.75, 3.05) is 0 Å². The number of halogens is 1. The van der Waals surface area contributed by atoms with Crippen LogP contribution in [0.3, 0.4) is 0 Å². The topological polar surface area (TPSA) is 46.5 Å². The number of nitrogens with one attached hydrogen (secondary N) is 1. The lowest BCUT2D eigenvalue weighted by molar-refractivity contribution is 0.312. The third-order valence-electron chi connectivity index (χ3n) is 6.07. The number of hydrogen-bond acceptors (Lipinski definition) is 2. The largest absolute Gasteiger partial charge is 0.346 e. The van der Waals surface area contributed by atoms with E-state index in [9.17, 15) is 4.39 Å². The Morgan fingerprint density at radius 1 is 1.21 bits per heavy atom. The number of rotatable bonds is 4. The van der Waals surface area contributed by atoms with E-state index >= 15 is 0 Å². The highest BCUT2D eigenvalue weighted by molar-refractivity contribution is 5.96. The van der Waals surface area contributed by atoms with Gasteiger partial charge in [0.2, 0.25) is 0 Å². The van der Waals surface area contributed by atoms with Gasteiger partial charge in [-0.05, 0) is 62.9 Å². The number of benzene rings is 1. The van der Waals surface area contributed by atoms with Gasteiger partial charge in [-0.15, -0.1) is 0 Å². The van der Waals surface area contributed by atoms with E-state index in [0.29, 0.717) is 5.52 Å². The average molecular weight is 376 g/mol. The molecule has 4 aromatic rings. The van der Waals surface area contributed by atoms with Crippen LogP contribution in [0.1, 0.15) is 50.7 Å². The van der Waals surface area contributed by atoms with Crippen LogP contribution in [0.4, 0.5) is 4.39 Å². The number of aromatic nitrogens is 4. The van der Waals surface area contributed by atoms with Gasteiger partial charge in [0.1, 0.15) is 17.0 Å². The number of hydrogen-bond donors (Lipinski definition) is 1. The smallest absolute Gasteiger partial charge is 0.151 e. The highest BCUT2D eigenvalue weighted by Crippen LogP contribution is 2.34. The van der Waals surface area contributed by atoms with Gasteiger partial charge in [0, 0.05) is 28.9 Å². The predicted octanol–water partition coefficient (Wildman–Crippen LogP) is 5.95. The minimum Gasteiger partial charge on any atom is -0.346 e. The first kappa shape index (κ1) is 17.4. The SMILES string of the molecule is Cc1nc2c(F)cc(-c3c[nH]c4nc(CC5CCC5)ccc34)cc2n1C(C)C. The van der Waals surface area contributed by atoms with Crippen molar-refractivity contribution in [3.63, 3.8) is 0 Å². The Bertz CT molecular complexity index is 1180. The van der Waals surface area contributed by atoms with Crippen molar-refractivity contribution in [3.05, 3.63) is 47.8 Å². The molecule has 1 aliphatic rings. The van der Waals surface area contributed by atoms with Crippen molar-refractivity contribution in [2.45, 2.75) is 52.5 Å². The van der Waals surface area contributed by atoms with E-state index in [4.69, 9.17) is 4.98 Å². The number of aromatic amines is 1. The van der Waals surface area contributed by atoms with E-state index in [1.54, 1.807) is 6.07 Å². The summed E-state index contributed by atoms with van der Waals surface area (Å²) in [5.41, 5.74) is 5.13. The maximum atomic E-state index is 14.8. The van der Waals surface area contributed by atoms with Gasteiger partial charge in [-0.3, -0.25) is 0 Å². The summed E-state index contributed by atoms with van der Waals surface area (Å²) < 4.78 is 16.9. The van der Waals surface area contributed by atoms with Crippen LogP contribution in [0.2, 0.25) is 0 Å². The van der Waals surface area contributed by atoms with Gasteiger partial charge in [0.05, 0.1) is 5.52 Å². The normalized spacial score (nSPS) is 15.0. The number of nitrogens with zero attached hydrogens (tertiary/aromatic N) is 3. The summed E-state index contributed by atoms with van der Waals surface area (Å²) >= 11 is 0. The molecule has 0 bridgehead atoms. The number of pyridine rings is 1. The highest BCUT2D eigenvalue weighted by Gasteiger charge is 2.20. The molecule has 144 valence electrons. The first-order valence-electron chi connectivity index (χ1n) is 10.2. The molecule has 1 fully saturated rings. The molecule has 0 unspecified atom stereocenters. The van der Waals surface area contributed by atoms with Crippen molar-refractivity contribution in [1.82, 2.24) is 19.5 Å². The number of imidazole rings is 1. The molecule has 4 nitrogen and oxygen atoms in total. The van der Waals surface area contributed by atoms with Crippen molar-refractivity contribution < 1.29 is 4.39 Å². The van der Waals surface area contributed by atoms with E-state index in [1.165, 1.54) is 19.3 Å². The van der Waals surface area contributed by atoms with Crippen LogP contribution >= 0.6 is 0 Å². The summed E-state index contributed by atoms with van der Waals surface area (Å²) in [7, 11) is 0. The molecule has 1 aliphatic carbocycles. The summed E-state index contributed by atoms with van der Waals surface area (Å²) in [5, 5.41) is 1.03. The van der Waals surface area contributed by atoms with Crippen LogP contribution in [0, 0.1) is 18.7 Å². The maximum absolute atomic E-state index is 14.8. The lowest BCUT2D eigenvalue weighted by atomic mass is 9.82. The van der Waals surface area contributed by atoms with Crippen LogP contribution in [0.5, 0.6) is 0 Å². The first-order valence-corrected chi connectivity index (χ1v) is 10.2. The molecule has 28 heavy (non-hydrogen) atoms. The molecule has 1 aromatic carbocycles. The lowest BCUT2D eigenvalue weighted by Crippen LogP contribution is -2.14. The fraction of sp³-hybridized carbons (Fsp3) is 0.391. The van der Waals surface area contributed by atoms with Crippen LogP contribution in [-0.4, -0.2) is 19.5 Å². The molecule has 5 rings (SSSR count). The van der Waals surface area contributed by atoms with Gasteiger partial charge in [-0.25, -0.2) is 14.4 Å². The zero-order valence-electron chi connectivity index (χ0n) is 16.6. The maximum Gasteiger partial charge on any atom is 0.151 e. The Morgan fingerprint density at radius 2 is 2.04 bits per heavy atom. The Balaban J connectivity index is 1.61. The monoisotopic (exact) mass is 376 g/mol. The minimum atomic E-state index is -0.279. The molecular formula is C23H25FN4. The van der Waals surface area contributed by atoms with Crippen LogP contribution in [0.15, 0.2) is 30.5 Å². The summed E-state index contributed by atoms with van der Waals surface area (Å²) in [4.78, 5) is 12.5. The fourth-order valence-electron chi connectivity index (χ4n) is 4.47. The fourth-order valence-corrected chi connectivity index (χ4v) is 4.47. The van der Waals surface area contributed by atoms with E-state index in [-0.39, 0.29) is 11.9 Å². The summed E-state index contributed by atoms with van der Waals surface area (Å²) in [5.74, 6) is 1.34. The van der Waals surface area contributed by atoms with Gasteiger partial charge in [-0.1, -0.05) is 19.3 Å². The Morgan fingerprint density at radius 3 is 2.75 bits per heavy atom. The molecule has 0 atom stereocenters. The third kappa shape index (κ3) is 2.72. The van der Waals surface area contributed by atoms with Crippen molar-refractivity contribution in [1.29, 1.82) is 0 Å². The first-order chi connectivity index (χ1) is 13.5. The van der Waals surface area contributed by atoms with Gasteiger partial charge < -0.3 is 9.55 Å². The van der Waals surface area contributed by atoms with E-state index in [2.05, 4.69) is 40.5 Å². The van der Waals surface area contributed by atoms with E-state index < -0.39 is 0 Å². The molecule has 0 aliphatic heterocycles. The molecule has 1 N–H and O–H groups in total. The second-order valence-electron chi connectivity index (χ2n) is 8.35. The molecule has 5 heteroatoms. The van der Waals surface area contributed by atoms with Crippen molar-refractivity contribution >= 4 is 22.1 Å². The second kappa shape index (κ2) is 6.43. The van der Waals surface area contributed by atoms with Gasteiger partial charge in [0.15, 0.2) is 5.82 Å². The molecule has 1 saturated carbocycles. The second-order valence-corrected chi connectivity index (χ2v) is 8.35. The van der Waals surface area contributed by atoms with Crippen molar-refractivity contribution in [3.8, 4) is 11.1 Å². The number of H-pyrrole nitrogens is 1. The zero-order chi connectivity index (χ0) is 19.4. The van der Waals surface area contributed by atoms with Gasteiger partial charge in [0.25, 0.3) is 0 Å². The molecule has 0 spiro atoms. The lowest BCUT2D eigenvalue weighted by Gasteiger charge is -2.24. The molecule has 0 saturated heterocycles. The van der Waals surface area contributed by atoms with Gasteiger partial charge in [-0.2, -0.15) is 0 Å². The quantitative estimate of drug-likeness (QED) is 0.478.